The molecule has 1 atom stereocenters. The molecule has 36 heavy (non-hydrogen) atoms. The van der Waals surface area contributed by atoms with Gasteiger partial charge in [0.25, 0.3) is 0 Å². The van der Waals surface area contributed by atoms with Gasteiger partial charge in [-0.2, -0.15) is 0 Å². The summed E-state index contributed by atoms with van der Waals surface area (Å²) in [5.41, 5.74) is 4.39. The molecule has 0 saturated carbocycles. The highest BCUT2D eigenvalue weighted by atomic mass is 19.2. The van der Waals surface area contributed by atoms with Crippen LogP contribution in [-0.2, 0) is 0 Å². The van der Waals surface area contributed by atoms with E-state index in [1.807, 2.05) is 60.7 Å². The zero-order valence-corrected chi connectivity index (χ0v) is 21.7. The summed E-state index contributed by atoms with van der Waals surface area (Å²) >= 11 is 0. The minimum atomic E-state index is -0.784. The molecular weight excluding hydrogens is 446 g/mol. The molecule has 1 aliphatic rings. The summed E-state index contributed by atoms with van der Waals surface area (Å²) in [6.07, 6.45) is 17.2. The lowest BCUT2D eigenvalue weighted by Crippen LogP contribution is -2.18. The zero-order chi connectivity index (χ0) is 25.4. The van der Waals surface area contributed by atoms with Crippen LogP contribution >= 0.6 is 0 Å². The van der Waals surface area contributed by atoms with Crippen molar-refractivity contribution in [3.05, 3.63) is 102 Å². The van der Waals surface area contributed by atoms with Crippen molar-refractivity contribution >= 4 is 5.57 Å². The van der Waals surface area contributed by atoms with Gasteiger partial charge < -0.3 is 0 Å². The first-order valence-corrected chi connectivity index (χ1v) is 13.6. The highest BCUT2D eigenvalue weighted by Gasteiger charge is 2.27. The molecule has 1 unspecified atom stereocenters. The first kappa shape index (κ1) is 26.1. The third-order valence-electron chi connectivity index (χ3n) is 7.77. The van der Waals surface area contributed by atoms with Crippen LogP contribution in [0.15, 0.2) is 85.0 Å². The van der Waals surface area contributed by atoms with Gasteiger partial charge in [0, 0.05) is 11.1 Å². The summed E-state index contributed by atoms with van der Waals surface area (Å²) in [5.74, 6) is -1.55. The number of hydrogen-bond acceptors (Lipinski definition) is 0. The molecule has 0 spiro atoms. The Labute approximate surface area is 215 Å². The molecule has 188 valence electrons. The Hall–Kier alpha value is -3.00. The minimum Gasteiger partial charge on any atom is -0.203 e. The zero-order valence-electron chi connectivity index (χ0n) is 21.7. The van der Waals surface area contributed by atoms with Gasteiger partial charge in [0.2, 0.25) is 0 Å². The topological polar surface area (TPSA) is 0 Å². The van der Waals surface area contributed by atoms with E-state index in [4.69, 9.17) is 0 Å². The second kappa shape index (κ2) is 12.3. The van der Waals surface area contributed by atoms with Crippen molar-refractivity contribution in [2.75, 3.05) is 0 Å². The third-order valence-corrected chi connectivity index (χ3v) is 7.77. The molecule has 0 heterocycles. The van der Waals surface area contributed by atoms with E-state index in [9.17, 15) is 0 Å². The second-order valence-electron chi connectivity index (χ2n) is 10.2. The molecule has 1 aliphatic carbocycles. The molecule has 0 nitrogen and oxygen atoms in total. The fourth-order valence-electron chi connectivity index (χ4n) is 5.27. The fraction of sp³-hybridized carbons (Fsp3) is 0.353. The van der Waals surface area contributed by atoms with E-state index in [1.54, 1.807) is 12.1 Å². The molecular formula is C34H38F2. The highest BCUT2D eigenvalue weighted by molar-refractivity contribution is 5.78. The number of allylic oxidation sites excluding steroid dienone is 4. The lowest BCUT2D eigenvalue weighted by atomic mass is 9.73. The Morgan fingerprint density at radius 3 is 1.94 bits per heavy atom. The average Bonchev–Trinajstić information content (AvgIpc) is 2.93. The van der Waals surface area contributed by atoms with E-state index >= 15 is 8.78 Å². The van der Waals surface area contributed by atoms with Gasteiger partial charge in [-0.05, 0) is 46.9 Å². The number of halogens is 2. The molecule has 4 rings (SSSR count). The molecule has 0 bridgehead atoms. The quantitative estimate of drug-likeness (QED) is 0.237. The Morgan fingerprint density at radius 1 is 0.667 bits per heavy atom. The summed E-state index contributed by atoms with van der Waals surface area (Å²) in [6.45, 7) is 4.48. The summed E-state index contributed by atoms with van der Waals surface area (Å²) in [4.78, 5) is 0. The van der Waals surface area contributed by atoms with E-state index in [1.165, 1.54) is 38.5 Å². The van der Waals surface area contributed by atoms with Crippen molar-refractivity contribution in [1.82, 2.24) is 0 Å². The highest BCUT2D eigenvalue weighted by Crippen LogP contribution is 2.41. The van der Waals surface area contributed by atoms with Crippen molar-refractivity contribution in [2.45, 2.75) is 71.6 Å². The van der Waals surface area contributed by atoms with Crippen molar-refractivity contribution in [2.24, 2.45) is 5.41 Å². The van der Waals surface area contributed by atoms with Crippen LogP contribution in [0.3, 0.4) is 0 Å². The van der Waals surface area contributed by atoms with Gasteiger partial charge in [0.1, 0.15) is 0 Å². The van der Waals surface area contributed by atoms with E-state index in [-0.39, 0.29) is 5.41 Å². The first-order valence-electron chi connectivity index (χ1n) is 13.6. The Kier molecular flexibility index (Phi) is 8.91. The van der Waals surface area contributed by atoms with Gasteiger partial charge >= 0.3 is 0 Å². The normalized spacial score (nSPS) is 17.3. The number of benzene rings is 3. The van der Waals surface area contributed by atoms with Crippen molar-refractivity contribution in [3.63, 3.8) is 0 Å². The van der Waals surface area contributed by atoms with E-state index in [2.05, 4.69) is 26.0 Å². The van der Waals surface area contributed by atoms with Gasteiger partial charge in [-0.3, -0.25) is 0 Å². The molecule has 0 N–H and O–H groups in total. The third kappa shape index (κ3) is 6.03. The van der Waals surface area contributed by atoms with Gasteiger partial charge in [-0.25, -0.2) is 8.78 Å². The standard InChI is InChI=1S/C34H38F2/c1-3-5-6-7-8-12-23-34(4-2)24-21-29(22-25-34)31-20-19-30(32(35)33(31)36)28-17-15-27(16-18-28)26-13-10-9-11-14-26/h9-11,13-22,24H,3-8,12,23,25H2,1-2H3. The summed E-state index contributed by atoms with van der Waals surface area (Å²) < 4.78 is 30.5. The molecule has 0 radical (unpaired) electrons. The monoisotopic (exact) mass is 484 g/mol. The van der Waals surface area contributed by atoms with Gasteiger partial charge in [0.05, 0.1) is 0 Å². The largest absolute Gasteiger partial charge is 0.203 e. The SMILES string of the molecule is CCCCCCCCC1(CC)C=CC(c2ccc(-c3ccc(-c4ccccc4)cc3)c(F)c2F)=CC1. The summed E-state index contributed by atoms with van der Waals surface area (Å²) in [6, 6.07) is 21.1. The summed E-state index contributed by atoms with van der Waals surface area (Å²) in [7, 11) is 0. The average molecular weight is 485 g/mol. The van der Waals surface area contributed by atoms with Crippen molar-refractivity contribution < 1.29 is 8.78 Å². The lowest BCUT2D eigenvalue weighted by Gasteiger charge is -2.31. The molecule has 0 fully saturated rings. The second-order valence-corrected chi connectivity index (χ2v) is 10.2. The van der Waals surface area contributed by atoms with Gasteiger partial charge in [0.15, 0.2) is 11.6 Å². The lowest BCUT2D eigenvalue weighted by molar-refractivity contribution is 0.323. The number of hydrogen-bond donors (Lipinski definition) is 0. The van der Waals surface area contributed by atoms with E-state index in [0.29, 0.717) is 16.7 Å². The van der Waals surface area contributed by atoms with E-state index in [0.717, 1.165) is 36.0 Å². The van der Waals surface area contributed by atoms with Crippen LogP contribution in [0, 0.1) is 17.0 Å². The molecule has 3 aromatic rings. The smallest absolute Gasteiger partial charge is 0.167 e. The Balaban J connectivity index is 1.45. The minimum absolute atomic E-state index is 0.143. The van der Waals surface area contributed by atoms with Crippen LogP contribution in [0.1, 0.15) is 77.2 Å². The summed E-state index contributed by atoms with van der Waals surface area (Å²) in [5, 5.41) is 0. The van der Waals surface area contributed by atoms with Crippen molar-refractivity contribution in [1.29, 1.82) is 0 Å². The molecule has 0 saturated heterocycles. The molecule has 0 aromatic heterocycles. The van der Waals surface area contributed by atoms with Gasteiger partial charge in [-0.15, -0.1) is 0 Å². The molecule has 0 amide bonds. The Bertz CT molecular complexity index is 1190. The van der Waals surface area contributed by atoms with Crippen LogP contribution in [0.5, 0.6) is 0 Å². The van der Waals surface area contributed by atoms with E-state index < -0.39 is 11.6 Å². The molecule has 2 heteroatoms. The van der Waals surface area contributed by atoms with Crippen LogP contribution in [0.25, 0.3) is 27.8 Å². The predicted molar refractivity (Wildman–Crippen MR) is 150 cm³/mol. The number of rotatable bonds is 11. The first-order chi connectivity index (χ1) is 17.6. The van der Waals surface area contributed by atoms with Crippen LogP contribution in [-0.4, -0.2) is 0 Å². The predicted octanol–water partition coefficient (Wildman–Crippen LogP) is 10.8. The van der Waals surface area contributed by atoms with Crippen molar-refractivity contribution in [3.8, 4) is 22.3 Å². The maximum Gasteiger partial charge on any atom is 0.167 e. The fourth-order valence-corrected chi connectivity index (χ4v) is 5.27. The molecule has 3 aromatic carbocycles. The maximum atomic E-state index is 15.3. The van der Waals surface area contributed by atoms with Gasteiger partial charge in [-0.1, -0.05) is 137 Å². The van der Waals surface area contributed by atoms with Crippen LogP contribution in [0.4, 0.5) is 8.78 Å². The Morgan fingerprint density at radius 2 is 1.28 bits per heavy atom. The number of unbranched alkanes of at least 4 members (excludes halogenated alkanes) is 5. The van der Waals surface area contributed by atoms with Crippen LogP contribution < -0.4 is 0 Å². The van der Waals surface area contributed by atoms with Crippen LogP contribution in [0.2, 0.25) is 0 Å². The maximum absolute atomic E-state index is 15.3. The molecule has 0 aliphatic heterocycles.